The molecule has 2 fully saturated rings. The van der Waals surface area contributed by atoms with E-state index in [4.69, 9.17) is 15.9 Å². The molecular weight excluding hydrogens is 350 g/mol. The maximum absolute atomic E-state index is 11.4. The number of hydrogen-bond donors (Lipinski definition) is 3. The number of likely N-dealkylation sites (tertiary alicyclic amines) is 1. The zero-order valence-corrected chi connectivity index (χ0v) is 15.9. The van der Waals surface area contributed by atoms with Crippen molar-refractivity contribution in [2.75, 3.05) is 18.4 Å². The first-order valence-corrected chi connectivity index (χ1v) is 11.0. The van der Waals surface area contributed by atoms with E-state index in [0.717, 1.165) is 56.8 Å². The molecule has 1 aliphatic carbocycles. The van der Waals surface area contributed by atoms with Crippen LogP contribution in [0.25, 0.3) is 0 Å². The molecule has 1 aliphatic heterocycles. The van der Waals surface area contributed by atoms with Crippen LogP contribution in [0.1, 0.15) is 44.9 Å². The van der Waals surface area contributed by atoms with Crippen molar-refractivity contribution < 1.29 is 8.42 Å². The van der Waals surface area contributed by atoms with Gasteiger partial charge in [-0.2, -0.15) is 0 Å². The summed E-state index contributed by atoms with van der Waals surface area (Å²) in [7, 11) is -3.68. The highest BCUT2D eigenvalue weighted by molar-refractivity contribution is 7.89. The number of piperidine rings is 1. The number of guanidine groups is 1. The minimum absolute atomic E-state index is 0.105. The molecule has 8 heteroatoms. The molecule has 0 unspecified atom stereocenters. The molecule has 1 saturated heterocycles. The molecule has 3 rings (SSSR count). The molecule has 0 spiro atoms. The van der Waals surface area contributed by atoms with Crippen LogP contribution in [-0.2, 0) is 10.0 Å². The first kappa shape index (κ1) is 19.1. The lowest BCUT2D eigenvalue weighted by Crippen LogP contribution is -2.43. The number of sulfonamides is 1. The van der Waals surface area contributed by atoms with Crippen LogP contribution in [0.15, 0.2) is 34.2 Å². The summed E-state index contributed by atoms with van der Waals surface area (Å²) < 4.78 is 22.8. The minimum atomic E-state index is -3.68. The van der Waals surface area contributed by atoms with Crippen molar-refractivity contribution in [2.24, 2.45) is 15.9 Å². The molecule has 0 bridgehead atoms. The fourth-order valence-corrected chi connectivity index (χ4v) is 4.13. The summed E-state index contributed by atoms with van der Waals surface area (Å²) in [4.78, 5) is 7.35. The van der Waals surface area contributed by atoms with E-state index in [9.17, 15) is 8.42 Å². The van der Waals surface area contributed by atoms with E-state index in [0.29, 0.717) is 0 Å². The van der Waals surface area contributed by atoms with Crippen molar-refractivity contribution in [2.45, 2.75) is 61.9 Å². The maximum atomic E-state index is 11.4. The summed E-state index contributed by atoms with van der Waals surface area (Å²) >= 11 is 0. The monoisotopic (exact) mass is 379 g/mol. The normalized spacial score (nSPS) is 25.2. The molecule has 2 atom stereocenters. The molecule has 5 N–H and O–H groups in total. The van der Waals surface area contributed by atoms with Crippen LogP contribution in [0.3, 0.4) is 0 Å². The lowest BCUT2D eigenvalue weighted by Gasteiger charge is -2.33. The van der Waals surface area contributed by atoms with E-state index < -0.39 is 10.0 Å². The minimum Gasteiger partial charge on any atom is -0.343 e. The SMILES string of the molecule is N[C@H]1CCCC[C@@H]1N=C(Nc1ccc(S(N)(=O)=O)cc1)N1CCCCC1. The number of hydrogen-bond acceptors (Lipinski definition) is 4. The molecule has 1 aromatic rings. The van der Waals surface area contributed by atoms with Crippen LogP contribution in [0.4, 0.5) is 5.69 Å². The van der Waals surface area contributed by atoms with Gasteiger partial charge in [-0.1, -0.05) is 12.8 Å². The van der Waals surface area contributed by atoms with Gasteiger partial charge in [0.05, 0.1) is 10.9 Å². The van der Waals surface area contributed by atoms with Crippen LogP contribution in [0, 0.1) is 0 Å². The Labute approximate surface area is 155 Å². The van der Waals surface area contributed by atoms with Crippen molar-refractivity contribution in [3.8, 4) is 0 Å². The topological polar surface area (TPSA) is 114 Å². The highest BCUT2D eigenvalue weighted by atomic mass is 32.2. The predicted octanol–water partition coefficient (Wildman–Crippen LogP) is 1.86. The Hall–Kier alpha value is -1.64. The van der Waals surface area contributed by atoms with Gasteiger partial charge in [0.2, 0.25) is 10.0 Å². The summed E-state index contributed by atoms with van der Waals surface area (Å²) in [5.41, 5.74) is 7.08. The van der Waals surface area contributed by atoms with Gasteiger partial charge in [-0.3, -0.25) is 0 Å². The molecule has 144 valence electrons. The Bertz CT molecular complexity index is 726. The number of nitrogens with zero attached hydrogens (tertiary/aromatic N) is 2. The molecule has 7 nitrogen and oxygen atoms in total. The fraction of sp³-hybridized carbons (Fsp3) is 0.611. The van der Waals surface area contributed by atoms with E-state index in [1.807, 2.05) is 0 Å². The third-order valence-corrected chi connectivity index (χ3v) is 6.09. The Morgan fingerprint density at radius 1 is 1.04 bits per heavy atom. The van der Waals surface area contributed by atoms with E-state index in [-0.39, 0.29) is 17.0 Å². The highest BCUT2D eigenvalue weighted by Crippen LogP contribution is 2.22. The van der Waals surface area contributed by atoms with Gasteiger partial charge in [0.15, 0.2) is 5.96 Å². The molecule has 2 aliphatic rings. The second-order valence-electron chi connectivity index (χ2n) is 7.21. The van der Waals surface area contributed by atoms with E-state index in [1.165, 1.54) is 25.0 Å². The number of anilines is 1. The molecule has 26 heavy (non-hydrogen) atoms. The van der Waals surface area contributed by atoms with Crippen LogP contribution < -0.4 is 16.2 Å². The van der Waals surface area contributed by atoms with Crippen LogP contribution in [-0.4, -0.2) is 44.5 Å². The Balaban J connectivity index is 1.80. The quantitative estimate of drug-likeness (QED) is 0.548. The predicted molar refractivity (Wildman–Crippen MR) is 105 cm³/mol. The first-order chi connectivity index (χ1) is 12.4. The van der Waals surface area contributed by atoms with Gasteiger partial charge in [-0.15, -0.1) is 0 Å². The average Bonchev–Trinajstić information content (AvgIpc) is 2.63. The van der Waals surface area contributed by atoms with E-state index >= 15 is 0 Å². The molecular formula is C18H29N5O2S. The Morgan fingerprint density at radius 3 is 2.31 bits per heavy atom. The third-order valence-electron chi connectivity index (χ3n) is 5.16. The number of rotatable bonds is 3. The van der Waals surface area contributed by atoms with Crippen molar-refractivity contribution >= 4 is 21.7 Å². The highest BCUT2D eigenvalue weighted by Gasteiger charge is 2.24. The van der Waals surface area contributed by atoms with Crippen molar-refractivity contribution in [1.82, 2.24) is 4.90 Å². The van der Waals surface area contributed by atoms with Gasteiger partial charge in [0.1, 0.15) is 0 Å². The standard InChI is InChI=1S/C18H29N5O2S/c19-16-6-2-3-7-17(16)22-18(23-12-4-1-5-13-23)21-14-8-10-15(11-9-14)26(20,24)25/h8-11,16-17H,1-7,12-13,19H2,(H,21,22)(H2,20,24,25)/t16-,17-/m0/s1. The summed E-state index contributed by atoms with van der Waals surface area (Å²) in [6, 6.07) is 6.71. The lowest BCUT2D eigenvalue weighted by atomic mass is 9.91. The first-order valence-electron chi connectivity index (χ1n) is 9.42. The molecule has 1 aromatic carbocycles. The number of aliphatic imine (C=N–C) groups is 1. The summed E-state index contributed by atoms with van der Waals surface area (Å²) in [6.45, 7) is 1.95. The fourth-order valence-electron chi connectivity index (χ4n) is 3.61. The zero-order valence-electron chi connectivity index (χ0n) is 15.1. The van der Waals surface area contributed by atoms with E-state index in [1.54, 1.807) is 12.1 Å². The summed E-state index contributed by atoms with van der Waals surface area (Å²) in [6.07, 6.45) is 7.93. The summed E-state index contributed by atoms with van der Waals surface area (Å²) in [5, 5.41) is 8.55. The number of nitrogens with two attached hydrogens (primary N) is 2. The van der Waals surface area contributed by atoms with Crippen LogP contribution in [0.2, 0.25) is 0 Å². The van der Waals surface area contributed by atoms with E-state index in [2.05, 4.69) is 10.2 Å². The number of nitrogens with one attached hydrogen (secondary N) is 1. The molecule has 1 saturated carbocycles. The van der Waals surface area contributed by atoms with Crippen molar-refractivity contribution in [3.05, 3.63) is 24.3 Å². The van der Waals surface area contributed by atoms with Gasteiger partial charge < -0.3 is 16.0 Å². The van der Waals surface area contributed by atoms with Crippen molar-refractivity contribution in [1.29, 1.82) is 0 Å². The van der Waals surface area contributed by atoms with Gasteiger partial charge in [0.25, 0.3) is 0 Å². The Kier molecular flexibility index (Phi) is 6.16. The largest absolute Gasteiger partial charge is 0.343 e. The molecule has 0 aromatic heterocycles. The average molecular weight is 380 g/mol. The third kappa shape index (κ3) is 4.96. The molecule has 1 heterocycles. The van der Waals surface area contributed by atoms with Gasteiger partial charge in [0, 0.05) is 24.8 Å². The Morgan fingerprint density at radius 2 is 1.69 bits per heavy atom. The number of benzene rings is 1. The number of primary sulfonamides is 1. The maximum Gasteiger partial charge on any atom is 0.238 e. The van der Waals surface area contributed by atoms with Gasteiger partial charge in [-0.25, -0.2) is 18.5 Å². The molecule has 0 radical (unpaired) electrons. The summed E-state index contributed by atoms with van der Waals surface area (Å²) in [5.74, 6) is 0.843. The van der Waals surface area contributed by atoms with Gasteiger partial charge in [-0.05, 0) is 56.4 Å². The smallest absolute Gasteiger partial charge is 0.238 e. The van der Waals surface area contributed by atoms with Gasteiger partial charge >= 0.3 is 0 Å². The second-order valence-corrected chi connectivity index (χ2v) is 8.77. The molecule has 0 amide bonds. The lowest BCUT2D eigenvalue weighted by molar-refractivity contribution is 0.331. The van der Waals surface area contributed by atoms with Crippen LogP contribution >= 0.6 is 0 Å². The van der Waals surface area contributed by atoms with Crippen LogP contribution in [0.5, 0.6) is 0 Å². The zero-order chi connectivity index (χ0) is 18.6. The van der Waals surface area contributed by atoms with Crippen molar-refractivity contribution in [3.63, 3.8) is 0 Å². The second kappa shape index (κ2) is 8.37.